The first-order valence-corrected chi connectivity index (χ1v) is 10.0. The Kier molecular flexibility index (Phi) is 8.25. The average Bonchev–Trinajstić information content (AvgIpc) is 3.28. The zero-order chi connectivity index (χ0) is 19.6. The minimum atomic E-state index is -0.315. The van der Waals surface area contributed by atoms with Gasteiger partial charge in [-0.15, -0.1) is 11.3 Å². The van der Waals surface area contributed by atoms with Crippen LogP contribution in [0.5, 0.6) is 0 Å². The largest absolute Gasteiger partial charge is 0.462 e. The SMILES string of the molecule is CCNC(=NCCCn1cccn1)NC(C)c1nc(C)c(C(=O)OCC)s1. The number of rotatable bonds is 9. The lowest BCUT2D eigenvalue weighted by Gasteiger charge is -2.16. The van der Waals surface area contributed by atoms with E-state index in [1.54, 1.807) is 13.1 Å². The fraction of sp³-hybridized carbons (Fsp3) is 0.556. The third kappa shape index (κ3) is 6.35. The Bertz CT molecular complexity index is 741. The van der Waals surface area contributed by atoms with Crippen LogP contribution >= 0.6 is 11.3 Å². The minimum absolute atomic E-state index is 0.0687. The number of carbonyl (C=O) groups is 1. The van der Waals surface area contributed by atoms with E-state index < -0.39 is 0 Å². The second kappa shape index (κ2) is 10.7. The second-order valence-electron chi connectivity index (χ2n) is 5.94. The van der Waals surface area contributed by atoms with Crippen LogP contribution < -0.4 is 10.6 Å². The Labute approximate surface area is 164 Å². The Morgan fingerprint density at radius 1 is 1.44 bits per heavy atom. The van der Waals surface area contributed by atoms with E-state index in [0.717, 1.165) is 30.5 Å². The molecule has 148 valence electrons. The van der Waals surface area contributed by atoms with E-state index in [1.165, 1.54) is 11.3 Å². The topological polar surface area (TPSA) is 93.4 Å². The zero-order valence-corrected chi connectivity index (χ0v) is 17.2. The summed E-state index contributed by atoms with van der Waals surface area (Å²) in [4.78, 5) is 21.7. The summed E-state index contributed by atoms with van der Waals surface area (Å²) < 4.78 is 6.98. The number of aryl methyl sites for hydroxylation is 2. The van der Waals surface area contributed by atoms with E-state index in [1.807, 2.05) is 37.7 Å². The van der Waals surface area contributed by atoms with Crippen molar-refractivity contribution >= 4 is 23.3 Å². The van der Waals surface area contributed by atoms with Crippen molar-refractivity contribution in [3.8, 4) is 0 Å². The molecule has 1 unspecified atom stereocenters. The van der Waals surface area contributed by atoms with Gasteiger partial charge in [-0.1, -0.05) is 0 Å². The van der Waals surface area contributed by atoms with Crippen molar-refractivity contribution in [2.75, 3.05) is 19.7 Å². The molecule has 9 heteroatoms. The maximum absolute atomic E-state index is 12.0. The van der Waals surface area contributed by atoms with Crippen molar-refractivity contribution in [2.24, 2.45) is 4.99 Å². The van der Waals surface area contributed by atoms with Crippen LogP contribution in [0.15, 0.2) is 23.5 Å². The average molecular weight is 393 g/mol. The third-order valence-corrected chi connectivity index (χ3v) is 5.04. The molecule has 2 heterocycles. The van der Waals surface area contributed by atoms with Gasteiger partial charge in [0, 0.05) is 32.0 Å². The van der Waals surface area contributed by atoms with Gasteiger partial charge in [0.15, 0.2) is 5.96 Å². The van der Waals surface area contributed by atoms with Crippen LogP contribution in [-0.2, 0) is 11.3 Å². The Hall–Kier alpha value is -2.42. The quantitative estimate of drug-likeness (QED) is 0.295. The van der Waals surface area contributed by atoms with Gasteiger partial charge in [0.05, 0.1) is 18.3 Å². The van der Waals surface area contributed by atoms with Crippen molar-refractivity contribution in [1.29, 1.82) is 0 Å². The number of hydrogen-bond acceptors (Lipinski definition) is 6. The third-order valence-electron chi connectivity index (χ3n) is 3.72. The number of carbonyl (C=O) groups excluding carboxylic acids is 1. The molecule has 2 aromatic rings. The lowest BCUT2D eigenvalue weighted by molar-refractivity contribution is 0.0531. The summed E-state index contributed by atoms with van der Waals surface area (Å²) in [5.41, 5.74) is 0.697. The van der Waals surface area contributed by atoms with E-state index in [9.17, 15) is 4.79 Å². The lowest BCUT2D eigenvalue weighted by Crippen LogP contribution is -2.38. The molecule has 27 heavy (non-hydrogen) atoms. The molecule has 0 radical (unpaired) electrons. The van der Waals surface area contributed by atoms with Gasteiger partial charge in [-0.3, -0.25) is 9.67 Å². The lowest BCUT2D eigenvalue weighted by atomic mass is 10.3. The van der Waals surface area contributed by atoms with Gasteiger partial charge in [-0.25, -0.2) is 9.78 Å². The van der Waals surface area contributed by atoms with E-state index >= 15 is 0 Å². The molecular weight excluding hydrogens is 364 g/mol. The normalized spacial score (nSPS) is 12.7. The van der Waals surface area contributed by atoms with E-state index in [4.69, 9.17) is 4.74 Å². The Morgan fingerprint density at radius 2 is 2.26 bits per heavy atom. The highest BCUT2D eigenvalue weighted by Crippen LogP contribution is 2.24. The predicted molar refractivity (Wildman–Crippen MR) is 107 cm³/mol. The molecule has 0 bridgehead atoms. The Morgan fingerprint density at radius 3 is 2.93 bits per heavy atom. The number of aliphatic imine (C=N–C) groups is 1. The first-order valence-electron chi connectivity index (χ1n) is 9.21. The molecule has 0 amide bonds. The number of ether oxygens (including phenoxy) is 1. The summed E-state index contributed by atoms with van der Waals surface area (Å²) in [5, 5.41) is 11.6. The highest BCUT2D eigenvalue weighted by Gasteiger charge is 2.20. The molecule has 0 aliphatic heterocycles. The maximum atomic E-state index is 12.0. The summed E-state index contributed by atoms with van der Waals surface area (Å²) in [7, 11) is 0. The fourth-order valence-corrected chi connectivity index (χ4v) is 3.39. The molecule has 0 saturated heterocycles. The fourth-order valence-electron chi connectivity index (χ4n) is 2.43. The van der Waals surface area contributed by atoms with Crippen LogP contribution in [0, 0.1) is 6.92 Å². The molecule has 0 fully saturated rings. The second-order valence-corrected chi connectivity index (χ2v) is 6.97. The van der Waals surface area contributed by atoms with Crippen LogP contribution in [0.25, 0.3) is 0 Å². The van der Waals surface area contributed by atoms with Crippen molar-refractivity contribution < 1.29 is 9.53 Å². The minimum Gasteiger partial charge on any atom is -0.462 e. The summed E-state index contributed by atoms with van der Waals surface area (Å²) in [6.07, 6.45) is 4.62. The Balaban J connectivity index is 1.95. The summed E-state index contributed by atoms with van der Waals surface area (Å²) >= 11 is 1.36. The van der Waals surface area contributed by atoms with Gasteiger partial charge in [-0.2, -0.15) is 5.10 Å². The first-order chi connectivity index (χ1) is 13.0. The number of hydrogen-bond donors (Lipinski definition) is 2. The van der Waals surface area contributed by atoms with Gasteiger partial charge in [0.2, 0.25) is 0 Å². The molecular formula is C18H28N6O2S. The first kappa shape index (κ1) is 20.9. The number of nitrogens with one attached hydrogen (secondary N) is 2. The van der Waals surface area contributed by atoms with Gasteiger partial charge in [0.25, 0.3) is 0 Å². The van der Waals surface area contributed by atoms with Crippen LogP contribution in [0.2, 0.25) is 0 Å². The van der Waals surface area contributed by atoms with Crippen LogP contribution in [0.1, 0.15) is 53.6 Å². The monoisotopic (exact) mass is 392 g/mol. The highest BCUT2D eigenvalue weighted by molar-refractivity contribution is 7.13. The molecule has 2 N–H and O–H groups in total. The van der Waals surface area contributed by atoms with Gasteiger partial charge in [0.1, 0.15) is 9.88 Å². The van der Waals surface area contributed by atoms with E-state index in [2.05, 4.69) is 25.7 Å². The van der Waals surface area contributed by atoms with Crippen LogP contribution in [0.3, 0.4) is 0 Å². The number of nitrogens with zero attached hydrogens (tertiary/aromatic N) is 4. The maximum Gasteiger partial charge on any atom is 0.350 e. The smallest absolute Gasteiger partial charge is 0.350 e. The molecule has 0 aromatic carbocycles. The molecule has 8 nitrogen and oxygen atoms in total. The number of esters is 1. The zero-order valence-electron chi connectivity index (χ0n) is 16.4. The number of aromatic nitrogens is 3. The summed E-state index contributed by atoms with van der Waals surface area (Å²) in [5.74, 6) is 0.418. The van der Waals surface area contributed by atoms with Gasteiger partial charge in [-0.05, 0) is 40.2 Å². The van der Waals surface area contributed by atoms with Crippen molar-refractivity contribution in [3.63, 3.8) is 0 Å². The predicted octanol–water partition coefficient (Wildman–Crippen LogP) is 2.53. The van der Waals surface area contributed by atoms with Crippen LogP contribution in [0.4, 0.5) is 0 Å². The summed E-state index contributed by atoms with van der Waals surface area (Å²) in [6, 6.07) is 1.85. The van der Waals surface area contributed by atoms with Crippen molar-refractivity contribution in [2.45, 2.75) is 46.7 Å². The van der Waals surface area contributed by atoms with Gasteiger partial charge < -0.3 is 15.4 Å². The van der Waals surface area contributed by atoms with Crippen LogP contribution in [-0.4, -0.2) is 46.4 Å². The summed E-state index contributed by atoms with van der Waals surface area (Å²) in [6.45, 7) is 10.3. The standard InChI is InChI=1S/C18H28N6O2S/c1-5-19-18(20-9-7-11-24-12-8-10-21-24)23-14(4)16-22-13(3)15(27-16)17(25)26-6-2/h8,10,12,14H,5-7,9,11H2,1-4H3,(H2,19,20,23). The van der Waals surface area contributed by atoms with Gasteiger partial charge >= 0.3 is 5.97 Å². The molecule has 2 aromatic heterocycles. The number of thiazole rings is 1. The molecule has 0 aliphatic rings. The highest BCUT2D eigenvalue weighted by atomic mass is 32.1. The van der Waals surface area contributed by atoms with E-state index in [-0.39, 0.29) is 12.0 Å². The van der Waals surface area contributed by atoms with E-state index in [0.29, 0.717) is 23.7 Å². The molecule has 0 saturated carbocycles. The number of guanidine groups is 1. The van der Waals surface area contributed by atoms with Crippen molar-refractivity contribution in [3.05, 3.63) is 34.0 Å². The van der Waals surface area contributed by atoms with Crippen molar-refractivity contribution in [1.82, 2.24) is 25.4 Å². The molecule has 1 atom stereocenters. The molecule has 2 rings (SSSR count). The molecule has 0 aliphatic carbocycles. The molecule has 0 spiro atoms.